The molecule has 1 heterocycles. The van der Waals surface area contributed by atoms with E-state index in [1.54, 1.807) is 0 Å². The molecule has 0 N–H and O–H groups in total. The molecular weight excluding hydrogens is 650 g/mol. The largest absolute Gasteiger partial charge is 0.490 e. The third kappa shape index (κ3) is 6.99. The van der Waals surface area contributed by atoms with E-state index in [1.165, 1.54) is 11.1 Å². The number of hydrogen-bond acceptors (Lipinski definition) is 5. The normalized spacial score (nSPS) is 19.1. The molecule has 47 heavy (non-hydrogen) atoms. The van der Waals surface area contributed by atoms with Gasteiger partial charge in [-0.1, -0.05) is 87.9 Å². The van der Waals surface area contributed by atoms with Crippen LogP contribution in [0.2, 0.25) is 0 Å². The number of Topliss-reactive ketones (excluding diaryl/α,β-unsaturated/α-hetero) is 2. The number of benzene rings is 3. The zero-order valence-corrected chi connectivity index (χ0v) is 30.1. The fourth-order valence-electron chi connectivity index (χ4n) is 7.65. The van der Waals surface area contributed by atoms with E-state index in [9.17, 15) is 9.59 Å². The van der Waals surface area contributed by atoms with Gasteiger partial charge in [-0.3, -0.25) is 9.59 Å². The molecule has 0 fully saturated rings. The van der Waals surface area contributed by atoms with Crippen LogP contribution >= 0.6 is 15.9 Å². The molecule has 0 amide bonds. The number of allylic oxidation sites excluding steroid dienone is 4. The minimum atomic E-state index is -0.457. The van der Waals surface area contributed by atoms with Crippen molar-refractivity contribution in [3.8, 4) is 11.5 Å². The van der Waals surface area contributed by atoms with Crippen molar-refractivity contribution in [1.82, 2.24) is 4.90 Å². The van der Waals surface area contributed by atoms with Gasteiger partial charge in [0.25, 0.3) is 0 Å². The molecule has 1 aliphatic heterocycles. The van der Waals surface area contributed by atoms with Crippen LogP contribution in [0.15, 0.2) is 93.7 Å². The number of nitrogens with zero attached hydrogens (tertiary/aromatic N) is 1. The third-order valence-electron chi connectivity index (χ3n) is 9.62. The summed E-state index contributed by atoms with van der Waals surface area (Å²) in [4.78, 5) is 31.0. The van der Waals surface area contributed by atoms with Crippen molar-refractivity contribution in [2.24, 2.45) is 10.8 Å². The number of carbonyl (C=O) groups is 2. The number of ether oxygens (including phenoxy) is 2. The molecule has 2 aliphatic carbocycles. The van der Waals surface area contributed by atoms with Crippen molar-refractivity contribution in [3.63, 3.8) is 0 Å². The summed E-state index contributed by atoms with van der Waals surface area (Å²) in [5.74, 6) is 1.02. The van der Waals surface area contributed by atoms with E-state index in [2.05, 4.69) is 97.9 Å². The zero-order valence-electron chi connectivity index (χ0n) is 28.5. The van der Waals surface area contributed by atoms with Gasteiger partial charge in [0.1, 0.15) is 6.61 Å². The lowest BCUT2D eigenvalue weighted by molar-refractivity contribution is -0.119. The van der Waals surface area contributed by atoms with E-state index < -0.39 is 5.92 Å². The Morgan fingerprint density at radius 1 is 0.787 bits per heavy atom. The molecule has 0 saturated carbocycles. The number of hydrogen-bond donors (Lipinski definition) is 0. The smallest absolute Gasteiger partial charge is 0.175 e. The molecule has 0 unspecified atom stereocenters. The van der Waals surface area contributed by atoms with Gasteiger partial charge in [0.15, 0.2) is 23.1 Å². The number of ketones is 2. The van der Waals surface area contributed by atoms with Crippen LogP contribution in [0.4, 0.5) is 0 Å². The van der Waals surface area contributed by atoms with Crippen LogP contribution in [0.3, 0.4) is 0 Å². The lowest BCUT2D eigenvalue weighted by Crippen LogP contribution is -2.45. The quantitative estimate of drug-likeness (QED) is 0.223. The molecule has 0 radical (unpaired) electrons. The van der Waals surface area contributed by atoms with Gasteiger partial charge < -0.3 is 14.4 Å². The molecule has 3 aliphatic rings. The summed E-state index contributed by atoms with van der Waals surface area (Å²) < 4.78 is 13.3. The molecule has 0 spiro atoms. The van der Waals surface area contributed by atoms with Gasteiger partial charge in [0, 0.05) is 47.8 Å². The standard InChI is InChI=1S/C41H46BrNO4/c1-7-46-35-20-29(19-30(42)39(35)47-25-28-15-11-12-26(2)18-28)36-37-31(21-40(3,4)23-33(37)44)43(17-16-27-13-9-8-10-14-27)32-22-41(5,6)24-34(45)38(32)36/h8-15,18-20,36H,7,16-17,21-25H2,1-6H3. The maximum absolute atomic E-state index is 14.3. The lowest BCUT2D eigenvalue weighted by atomic mass is 9.63. The van der Waals surface area contributed by atoms with E-state index in [4.69, 9.17) is 9.47 Å². The zero-order chi connectivity index (χ0) is 33.5. The summed E-state index contributed by atoms with van der Waals surface area (Å²) in [7, 11) is 0. The van der Waals surface area contributed by atoms with Gasteiger partial charge in [0.05, 0.1) is 11.1 Å². The summed E-state index contributed by atoms with van der Waals surface area (Å²) in [5.41, 5.74) is 7.70. The van der Waals surface area contributed by atoms with Crippen molar-refractivity contribution in [1.29, 1.82) is 0 Å². The van der Waals surface area contributed by atoms with E-state index in [1.807, 2.05) is 31.2 Å². The van der Waals surface area contributed by atoms with Crippen molar-refractivity contribution < 1.29 is 19.1 Å². The van der Waals surface area contributed by atoms with Crippen molar-refractivity contribution in [2.45, 2.75) is 86.2 Å². The van der Waals surface area contributed by atoms with Crippen LogP contribution in [0.25, 0.3) is 0 Å². The fourth-order valence-corrected chi connectivity index (χ4v) is 8.23. The van der Waals surface area contributed by atoms with Gasteiger partial charge in [-0.15, -0.1) is 0 Å². The van der Waals surface area contributed by atoms with Crippen molar-refractivity contribution >= 4 is 27.5 Å². The molecular formula is C41H46BrNO4. The highest BCUT2D eigenvalue weighted by Crippen LogP contribution is 2.55. The molecule has 6 rings (SSSR count). The van der Waals surface area contributed by atoms with Crippen LogP contribution in [-0.2, 0) is 22.6 Å². The molecule has 3 aromatic carbocycles. The Bertz CT molecular complexity index is 1710. The fraction of sp³-hybridized carbons (Fsp3) is 0.415. The summed E-state index contributed by atoms with van der Waals surface area (Å²) in [6.45, 7) is 14.3. The Hall–Kier alpha value is -3.64. The van der Waals surface area contributed by atoms with Crippen LogP contribution in [0.1, 0.15) is 88.5 Å². The third-order valence-corrected chi connectivity index (χ3v) is 10.2. The highest BCUT2D eigenvalue weighted by molar-refractivity contribution is 9.10. The number of halogens is 1. The topological polar surface area (TPSA) is 55.8 Å². The summed E-state index contributed by atoms with van der Waals surface area (Å²) in [6, 6.07) is 22.8. The SMILES string of the molecule is CCOc1cc(C2C3=C(CC(C)(C)CC3=O)N(CCc3ccccc3)C3=C2C(=O)CC(C)(C)C3)cc(Br)c1OCc1cccc(C)c1. The summed E-state index contributed by atoms with van der Waals surface area (Å²) in [5, 5.41) is 0. The maximum Gasteiger partial charge on any atom is 0.175 e. The predicted octanol–water partition coefficient (Wildman–Crippen LogP) is 9.66. The first kappa shape index (κ1) is 33.3. The number of rotatable bonds is 9. The minimum Gasteiger partial charge on any atom is -0.490 e. The van der Waals surface area contributed by atoms with E-state index in [-0.39, 0.29) is 22.4 Å². The number of carbonyl (C=O) groups excluding carboxylic acids is 2. The summed E-state index contributed by atoms with van der Waals surface area (Å²) in [6.07, 6.45) is 3.29. The van der Waals surface area contributed by atoms with Gasteiger partial charge in [-0.2, -0.15) is 0 Å². The van der Waals surface area contributed by atoms with Gasteiger partial charge in [0.2, 0.25) is 0 Å². The molecule has 0 atom stereocenters. The molecule has 6 heteroatoms. The monoisotopic (exact) mass is 695 g/mol. The van der Waals surface area contributed by atoms with Crippen molar-refractivity contribution in [2.75, 3.05) is 13.2 Å². The molecule has 246 valence electrons. The van der Waals surface area contributed by atoms with Gasteiger partial charge in [-0.25, -0.2) is 0 Å². The molecule has 3 aromatic rings. The first-order valence-electron chi connectivity index (χ1n) is 16.8. The Morgan fingerprint density at radius 3 is 2.00 bits per heavy atom. The maximum atomic E-state index is 14.3. The van der Waals surface area contributed by atoms with Gasteiger partial charge in [-0.05, 0) is 88.7 Å². The molecule has 0 bridgehead atoms. The Labute approximate surface area is 288 Å². The predicted molar refractivity (Wildman–Crippen MR) is 191 cm³/mol. The average Bonchev–Trinajstić information content (AvgIpc) is 2.99. The Morgan fingerprint density at radius 2 is 1.40 bits per heavy atom. The molecule has 5 nitrogen and oxygen atoms in total. The first-order chi connectivity index (χ1) is 22.4. The second kappa shape index (κ2) is 13.1. The minimum absolute atomic E-state index is 0.129. The van der Waals surface area contributed by atoms with E-state index in [0.29, 0.717) is 37.6 Å². The Kier molecular flexibility index (Phi) is 9.28. The Balaban J connectivity index is 1.48. The average molecular weight is 697 g/mol. The highest BCUT2D eigenvalue weighted by atomic mass is 79.9. The second-order valence-electron chi connectivity index (χ2n) is 15.0. The van der Waals surface area contributed by atoms with E-state index in [0.717, 1.165) is 63.9 Å². The molecule has 0 saturated heterocycles. The second-order valence-corrected chi connectivity index (χ2v) is 15.8. The van der Waals surface area contributed by atoms with Gasteiger partial charge >= 0.3 is 0 Å². The number of aryl methyl sites for hydroxylation is 1. The lowest BCUT2D eigenvalue weighted by Gasteiger charge is -2.49. The van der Waals surface area contributed by atoms with Crippen LogP contribution in [0.5, 0.6) is 11.5 Å². The molecule has 0 aromatic heterocycles. The highest BCUT2D eigenvalue weighted by Gasteiger charge is 2.49. The summed E-state index contributed by atoms with van der Waals surface area (Å²) >= 11 is 3.81. The van der Waals surface area contributed by atoms with Crippen LogP contribution in [-0.4, -0.2) is 29.6 Å². The van der Waals surface area contributed by atoms with Crippen molar-refractivity contribution in [3.05, 3.63) is 116 Å². The van der Waals surface area contributed by atoms with Crippen LogP contribution in [0, 0.1) is 17.8 Å². The first-order valence-corrected chi connectivity index (χ1v) is 17.6. The van der Waals surface area contributed by atoms with E-state index >= 15 is 0 Å². The van der Waals surface area contributed by atoms with Crippen LogP contribution < -0.4 is 9.47 Å².